The minimum atomic E-state index is 0.505. The van der Waals surface area contributed by atoms with Crippen LogP contribution < -0.4 is 10.1 Å². The van der Waals surface area contributed by atoms with Gasteiger partial charge in [0.05, 0.1) is 6.61 Å². The maximum Gasteiger partial charge on any atom is 0.260 e. The molecule has 0 aromatic carbocycles. The molecule has 98 valence electrons. The molecule has 2 aromatic heterocycles. The van der Waals surface area contributed by atoms with Gasteiger partial charge in [-0.3, -0.25) is 4.40 Å². The van der Waals surface area contributed by atoms with E-state index in [1.807, 2.05) is 17.5 Å². The summed E-state index contributed by atoms with van der Waals surface area (Å²) in [6, 6.07) is 0.505. The van der Waals surface area contributed by atoms with Gasteiger partial charge in [0.15, 0.2) is 0 Å². The summed E-state index contributed by atoms with van der Waals surface area (Å²) in [5.41, 5.74) is 0.673. The Labute approximate surface area is 106 Å². The molecular weight excluding hydrogens is 230 g/mol. The molecule has 0 saturated carbocycles. The molecule has 2 aromatic rings. The van der Waals surface area contributed by atoms with Gasteiger partial charge in [-0.15, -0.1) is 10.2 Å². The second-order valence-corrected chi connectivity index (χ2v) is 4.48. The summed E-state index contributed by atoms with van der Waals surface area (Å²) >= 11 is 0. The van der Waals surface area contributed by atoms with Gasteiger partial charge < -0.3 is 10.1 Å². The molecule has 0 unspecified atom stereocenters. The lowest BCUT2D eigenvalue weighted by Crippen LogP contribution is -2.24. The Hall–Kier alpha value is -1.69. The first-order valence-corrected chi connectivity index (χ1v) is 6.21. The van der Waals surface area contributed by atoms with Crippen LogP contribution in [0.4, 0.5) is 0 Å². The summed E-state index contributed by atoms with van der Waals surface area (Å²) in [6.45, 7) is 7.71. The second-order valence-electron chi connectivity index (χ2n) is 4.48. The van der Waals surface area contributed by atoms with Crippen LogP contribution in [0, 0.1) is 6.92 Å². The molecule has 0 aliphatic heterocycles. The Kier molecular flexibility index (Phi) is 4.09. The summed E-state index contributed by atoms with van der Waals surface area (Å²) in [5, 5.41) is 11.4. The van der Waals surface area contributed by atoms with E-state index in [0.29, 0.717) is 24.2 Å². The van der Waals surface area contributed by atoms with Crippen LogP contribution in [0.2, 0.25) is 0 Å². The van der Waals surface area contributed by atoms with E-state index in [0.717, 1.165) is 18.8 Å². The molecule has 0 spiro atoms. The number of rotatable bonds is 6. The van der Waals surface area contributed by atoms with Crippen molar-refractivity contribution in [1.29, 1.82) is 0 Å². The summed E-state index contributed by atoms with van der Waals surface area (Å²) in [7, 11) is 0. The summed E-state index contributed by atoms with van der Waals surface area (Å²) in [6.07, 6.45) is 4.47. The van der Waals surface area contributed by atoms with Crippen LogP contribution in [0.5, 0.6) is 5.88 Å². The predicted molar refractivity (Wildman–Crippen MR) is 68.8 cm³/mol. The van der Waals surface area contributed by atoms with Crippen molar-refractivity contribution in [3.05, 3.63) is 18.2 Å². The van der Waals surface area contributed by atoms with Crippen molar-refractivity contribution in [2.24, 2.45) is 0 Å². The molecule has 0 bridgehead atoms. The first-order valence-electron chi connectivity index (χ1n) is 6.21. The van der Waals surface area contributed by atoms with E-state index in [9.17, 15) is 0 Å². The predicted octanol–water partition coefficient (Wildman–Crippen LogP) is 1.20. The molecule has 0 aliphatic carbocycles. The number of fused-ring (bicyclic) bond motifs is 1. The topological polar surface area (TPSA) is 64.3 Å². The third-order valence-electron chi connectivity index (χ3n) is 2.58. The van der Waals surface area contributed by atoms with E-state index in [-0.39, 0.29) is 0 Å². The van der Waals surface area contributed by atoms with Gasteiger partial charge >= 0.3 is 0 Å². The number of aromatic nitrogens is 4. The van der Waals surface area contributed by atoms with E-state index in [1.165, 1.54) is 0 Å². The van der Waals surface area contributed by atoms with Crippen LogP contribution in [-0.2, 0) is 0 Å². The maximum absolute atomic E-state index is 5.64. The highest BCUT2D eigenvalue weighted by Crippen LogP contribution is 2.14. The van der Waals surface area contributed by atoms with Gasteiger partial charge in [0.1, 0.15) is 5.82 Å². The van der Waals surface area contributed by atoms with Gasteiger partial charge in [-0.1, -0.05) is 13.8 Å². The number of aryl methyl sites for hydroxylation is 1. The van der Waals surface area contributed by atoms with Gasteiger partial charge in [-0.25, -0.2) is 4.98 Å². The number of nitrogens with one attached hydrogen (secondary N) is 1. The normalized spacial score (nSPS) is 11.3. The molecule has 0 fully saturated rings. The highest BCUT2D eigenvalue weighted by atomic mass is 16.5. The average molecular weight is 249 g/mol. The number of hydrogen-bond acceptors (Lipinski definition) is 5. The third-order valence-corrected chi connectivity index (χ3v) is 2.58. The monoisotopic (exact) mass is 249 g/mol. The summed E-state index contributed by atoms with van der Waals surface area (Å²) < 4.78 is 7.51. The third kappa shape index (κ3) is 2.95. The van der Waals surface area contributed by atoms with Crippen LogP contribution in [0.3, 0.4) is 0 Å². The zero-order chi connectivity index (χ0) is 13.0. The second kappa shape index (κ2) is 5.77. The zero-order valence-electron chi connectivity index (χ0n) is 11.1. The molecule has 18 heavy (non-hydrogen) atoms. The van der Waals surface area contributed by atoms with E-state index in [1.54, 1.807) is 6.20 Å². The fourth-order valence-electron chi connectivity index (χ4n) is 1.65. The van der Waals surface area contributed by atoms with Crippen molar-refractivity contribution in [2.75, 3.05) is 13.2 Å². The van der Waals surface area contributed by atoms with Crippen molar-refractivity contribution < 1.29 is 4.74 Å². The fourth-order valence-corrected chi connectivity index (χ4v) is 1.65. The van der Waals surface area contributed by atoms with Crippen molar-refractivity contribution in [1.82, 2.24) is 24.9 Å². The first-order chi connectivity index (χ1) is 8.68. The fraction of sp³-hybridized carbons (Fsp3) is 0.583. The number of ether oxygens (including phenoxy) is 1. The van der Waals surface area contributed by atoms with Gasteiger partial charge in [0.25, 0.3) is 5.88 Å². The Balaban J connectivity index is 1.92. The molecule has 6 nitrogen and oxygen atoms in total. The van der Waals surface area contributed by atoms with Crippen LogP contribution in [0.25, 0.3) is 5.65 Å². The van der Waals surface area contributed by atoms with E-state index in [4.69, 9.17) is 4.74 Å². The molecule has 6 heteroatoms. The van der Waals surface area contributed by atoms with Crippen molar-refractivity contribution in [2.45, 2.75) is 33.2 Å². The lowest BCUT2D eigenvalue weighted by molar-refractivity contribution is 0.297. The van der Waals surface area contributed by atoms with Crippen molar-refractivity contribution >= 4 is 5.65 Å². The van der Waals surface area contributed by atoms with Crippen LogP contribution in [0.1, 0.15) is 26.1 Å². The lowest BCUT2D eigenvalue weighted by Gasteiger charge is -2.08. The molecule has 2 heterocycles. The van der Waals surface area contributed by atoms with Gasteiger partial charge in [0.2, 0.25) is 5.65 Å². The average Bonchev–Trinajstić information content (AvgIpc) is 2.71. The highest BCUT2D eigenvalue weighted by molar-refractivity contribution is 5.48. The van der Waals surface area contributed by atoms with Crippen molar-refractivity contribution in [3.63, 3.8) is 0 Å². The number of nitrogens with zero attached hydrogens (tertiary/aromatic N) is 4. The standard InChI is InChI=1S/C12H19N5O/c1-9(2)13-5-4-8-18-12-11-16-15-10(3)17(11)7-6-14-12/h6-7,9,13H,4-5,8H2,1-3H3. The van der Waals surface area contributed by atoms with Gasteiger partial charge in [-0.05, 0) is 19.9 Å². The Bertz CT molecular complexity index is 508. The van der Waals surface area contributed by atoms with E-state index in [2.05, 4.69) is 34.3 Å². The Morgan fingerprint density at radius 1 is 1.39 bits per heavy atom. The quantitative estimate of drug-likeness (QED) is 0.779. The number of hydrogen-bond donors (Lipinski definition) is 1. The summed E-state index contributed by atoms with van der Waals surface area (Å²) in [4.78, 5) is 4.19. The molecule has 0 atom stereocenters. The zero-order valence-corrected chi connectivity index (χ0v) is 11.1. The minimum absolute atomic E-state index is 0.505. The molecule has 1 N–H and O–H groups in total. The smallest absolute Gasteiger partial charge is 0.260 e. The lowest BCUT2D eigenvalue weighted by atomic mass is 10.3. The van der Waals surface area contributed by atoms with Gasteiger partial charge in [-0.2, -0.15) is 0 Å². The van der Waals surface area contributed by atoms with E-state index < -0.39 is 0 Å². The van der Waals surface area contributed by atoms with Crippen LogP contribution >= 0.6 is 0 Å². The minimum Gasteiger partial charge on any atom is -0.475 e. The molecular formula is C12H19N5O. The van der Waals surface area contributed by atoms with Crippen LogP contribution in [-0.4, -0.2) is 38.8 Å². The molecule has 0 aliphatic rings. The molecule has 0 amide bonds. The molecule has 0 saturated heterocycles. The van der Waals surface area contributed by atoms with Crippen molar-refractivity contribution in [3.8, 4) is 5.88 Å². The highest BCUT2D eigenvalue weighted by Gasteiger charge is 2.08. The SMILES string of the molecule is Cc1nnc2c(OCCCNC(C)C)nccn12. The van der Waals surface area contributed by atoms with Crippen LogP contribution in [0.15, 0.2) is 12.4 Å². The van der Waals surface area contributed by atoms with E-state index >= 15 is 0 Å². The Morgan fingerprint density at radius 3 is 3.00 bits per heavy atom. The molecule has 0 radical (unpaired) electrons. The largest absolute Gasteiger partial charge is 0.475 e. The molecule has 2 rings (SSSR count). The Morgan fingerprint density at radius 2 is 2.22 bits per heavy atom. The van der Waals surface area contributed by atoms with Gasteiger partial charge in [0, 0.05) is 18.4 Å². The maximum atomic E-state index is 5.64. The summed E-state index contributed by atoms with van der Waals surface area (Å²) in [5.74, 6) is 1.38. The first kappa shape index (κ1) is 12.8.